The fourth-order valence-corrected chi connectivity index (χ4v) is 2.35. The number of aromatic nitrogens is 2. The molecule has 4 heteroatoms. The number of nitrogens with one attached hydrogen (secondary N) is 1. The molecular weight excluding hydrogens is 274 g/mol. The van der Waals surface area contributed by atoms with E-state index in [1.807, 2.05) is 0 Å². The summed E-state index contributed by atoms with van der Waals surface area (Å²) >= 11 is 0. The Labute approximate surface area is 132 Å². The average molecular weight is 297 g/mol. The lowest BCUT2D eigenvalue weighted by Gasteiger charge is -2.23. The monoisotopic (exact) mass is 297 g/mol. The average Bonchev–Trinajstić information content (AvgIpc) is 2.53. The van der Waals surface area contributed by atoms with E-state index in [9.17, 15) is 4.79 Å². The molecule has 22 heavy (non-hydrogen) atoms. The largest absolute Gasteiger partial charge is 0.344 e. The van der Waals surface area contributed by atoms with Crippen LogP contribution >= 0.6 is 0 Å². The lowest BCUT2D eigenvalue weighted by Crippen LogP contribution is -2.32. The molecule has 2 aromatic rings. The highest BCUT2D eigenvalue weighted by Crippen LogP contribution is 2.24. The van der Waals surface area contributed by atoms with E-state index < -0.39 is 0 Å². The second-order valence-electron chi connectivity index (χ2n) is 6.11. The number of hydrogen-bond donors (Lipinski definition) is 1. The van der Waals surface area contributed by atoms with Gasteiger partial charge < -0.3 is 5.32 Å². The van der Waals surface area contributed by atoms with Crippen LogP contribution in [0.1, 0.15) is 61.3 Å². The molecule has 0 spiro atoms. The van der Waals surface area contributed by atoms with E-state index in [4.69, 9.17) is 0 Å². The van der Waals surface area contributed by atoms with E-state index >= 15 is 0 Å². The maximum absolute atomic E-state index is 12.3. The first-order valence-corrected chi connectivity index (χ1v) is 7.65. The van der Waals surface area contributed by atoms with Crippen LogP contribution in [0.3, 0.4) is 0 Å². The minimum Gasteiger partial charge on any atom is -0.344 e. The van der Waals surface area contributed by atoms with Crippen molar-refractivity contribution in [1.29, 1.82) is 0 Å². The molecule has 0 bridgehead atoms. The molecule has 1 unspecified atom stereocenters. The number of hydrogen-bond acceptors (Lipinski definition) is 3. The minimum absolute atomic E-state index is 0.0456. The normalized spacial score (nSPS) is 12.5. The van der Waals surface area contributed by atoms with Gasteiger partial charge in [-0.25, -0.2) is 4.98 Å². The van der Waals surface area contributed by atoms with Crippen LogP contribution in [0.2, 0.25) is 0 Å². The molecule has 1 atom stereocenters. The Balaban J connectivity index is 2.18. The van der Waals surface area contributed by atoms with Crippen LogP contribution in [-0.2, 0) is 0 Å². The minimum atomic E-state index is -0.195. The molecule has 2 rings (SSSR count). The first kappa shape index (κ1) is 16.1. The maximum Gasteiger partial charge on any atom is 0.271 e. The zero-order chi connectivity index (χ0) is 16.1. The van der Waals surface area contributed by atoms with Gasteiger partial charge in [0.15, 0.2) is 0 Å². The van der Waals surface area contributed by atoms with Gasteiger partial charge in [0.25, 0.3) is 5.91 Å². The van der Waals surface area contributed by atoms with Crippen molar-refractivity contribution in [3.63, 3.8) is 0 Å². The zero-order valence-electron chi connectivity index (χ0n) is 13.6. The second kappa shape index (κ2) is 7.16. The molecule has 116 valence electrons. The van der Waals surface area contributed by atoms with E-state index in [0.717, 1.165) is 5.56 Å². The lowest BCUT2D eigenvalue weighted by molar-refractivity contribution is 0.0920. The van der Waals surface area contributed by atoms with Crippen molar-refractivity contribution >= 4 is 5.91 Å². The van der Waals surface area contributed by atoms with Crippen LogP contribution < -0.4 is 5.32 Å². The van der Waals surface area contributed by atoms with Gasteiger partial charge in [0.05, 0.1) is 12.2 Å². The summed E-state index contributed by atoms with van der Waals surface area (Å²) in [5.41, 5.74) is 2.75. The highest BCUT2D eigenvalue weighted by Gasteiger charge is 2.20. The summed E-state index contributed by atoms with van der Waals surface area (Å²) in [6.07, 6.45) is 4.56. The first-order valence-electron chi connectivity index (χ1n) is 7.65. The Morgan fingerprint density at radius 3 is 2.14 bits per heavy atom. The van der Waals surface area contributed by atoms with Gasteiger partial charge in [-0.2, -0.15) is 0 Å². The molecule has 0 aliphatic carbocycles. The summed E-state index contributed by atoms with van der Waals surface area (Å²) < 4.78 is 0. The van der Waals surface area contributed by atoms with Crippen LogP contribution in [0.15, 0.2) is 42.9 Å². The smallest absolute Gasteiger partial charge is 0.271 e. The Morgan fingerprint density at radius 2 is 1.64 bits per heavy atom. The van der Waals surface area contributed by atoms with Crippen molar-refractivity contribution in [3.05, 3.63) is 59.7 Å². The third-order valence-corrected chi connectivity index (χ3v) is 3.71. The van der Waals surface area contributed by atoms with E-state index in [0.29, 0.717) is 11.6 Å². The third-order valence-electron chi connectivity index (χ3n) is 3.71. The maximum atomic E-state index is 12.3. The highest BCUT2D eigenvalue weighted by atomic mass is 16.1. The van der Waals surface area contributed by atoms with Gasteiger partial charge in [0.1, 0.15) is 5.69 Å². The predicted octanol–water partition coefficient (Wildman–Crippen LogP) is 3.73. The lowest BCUT2D eigenvalue weighted by atomic mass is 9.93. The third kappa shape index (κ3) is 3.91. The Bertz CT molecular complexity index is 606. The molecule has 1 N–H and O–H groups in total. The van der Waals surface area contributed by atoms with Crippen molar-refractivity contribution in [3.8, 4) is 0 Å². The fraction of sp³-hybridized carbons (Fsp3) is 0.389. The molecule has 0 aliphatic rings. The molecule has 0 radical (unpaired) electrons. The quantitative estimate of drug-likeness (QED) is 0.915. The summed E-state index contributed by atoms with van der Waals surface area (Å²) in [7, 11) is 0. The van der Waals surface area contributed by atoms with Gasteiger partial charge in [0, 0.05) is 12.4 Å². The number of amides is 1. The summed E-state index contributed by atoms with van der Waals surface area (Å²) in [5, 5.41) is 3.06. The number of rotatable bonds is 5. The van der Waals surface area contributed by atoms with Gasteiger partial charge in [0.2, 0.25) is 0 Å². The standard InChI is InChI=1S/C18H23N3O/c1-12(2)14-5-7-15(8-6-14)17(13(3)4)21-18(22)16-11-19-9-10-20-16/h5-13,17H,1-4H3,(H,21,22). The van der Waals surface area contributed by atoms with E-state index in [1.165, 1.54) is 18.0 Å². The molecule has 0 aliphatic heterocycles. The number of carbonyl (C=O) groups excluding carboxylic acids is 1. The van der Waals surface area contributed by atoms with E-state index in [2.05, 4.69) is 67.2 Å². The number of nitrogens with zero attached hydrogens (tertiary/aromatic N) is 2. The molecule has 0 fully saturated rings. The molecule has 1 aromatic heterocycles. The van der Waals surface area contributed by atoms with Crippen LogP contribution in [0.4, 0.5) is 0 Å². The topological polar surface area (TPSA) is 54.9 Å². The van der Waals surface area contributed by atoms with Gasteiger partial charge >= 0.3 is 0 Å². The van der Waals surface area contributed by atoms with Crippen LogP contribution in [-0.4, -0.2) is 15.9 Å². The van der Waals surface area contributed by atoms with Gasteiger partial charge in [-0.15, -0.1) is 0 Å². The number of carbonyl (C=O) groups is 1. The molecule has 1 aromatic carbocycles. The molecule has 0 saturated heterocycles. The first-order chi connectivity index (χ1) is 10.5. The van der Waals surface area contributed by atoms with Gasteiger partial charge in [-0.05, 0) is 23.0 Å². The predicted molar refractivity (Wildman–Crippen MR) is 87.6 cm³/mol. The Morgan fingerprint density at radius 1 is 1.00 bits per heavy atom. The molecular formula is C18H23N3O. The van der Waals surface area contributed by atoms with Crippen LogP contribution in [0.25, 0.3) is 0 Å². The van der Waals surface area contributed by atoms with Crippen LogP contribution in [0, 0.1) is 5.92 Å². The SMILES string of the molecule is CC(C)c1ccc(C(NC(=O)c2cnccn2)C(C)C)cc1. The molecule has 1 heterocycles. The van der Waals surface area contributed by atoms with Crippen molar-refractivity contribution < 1.29 is 4.79 Å². The van der Waals surface area contributed by atoms with Gasteiger partial charge in [-0.1, -0.05) is 52.0 Å². The van der Waals surface area contributed by atoms with E-state index in [-0.39, 0.29) is 17.9 Å². The molecule has 1 amide bonds. The van der Waals surface area contributed by atoms with Crippen molar-refractivity contribution in [1.82, 2.24) is 15.3 Å². The van der Waals surface area contributed by atoms with Gasteiger partial charge in [-0.3, -0.25) is 9.78 Å². The molecule has 0 saturated carbocycles. The summed E-state index contributed by atoms with van der Waals surface area (Å²) in [4.78, 5) is 20.3. The molecule has 4 nitrogen and oxygen atoms in total. The Hall–Kier alpha value is -2.23. The zero-order valence-corrected chi connectivity index (χ0v) is 13.6. The fourth-order valence-electron chi connectivity index (χ4n) is 2.35. The highest BCUT2D eigenvalue weighted by molar-refractivity contribution is 5.92. The van der Waals surface area contributed by atoms with Crippen LogP contribution in [0.5, 0.6) is 0 Å². The summed E-state index contributed by atoms with van der Waals surface area (Å²) in [6, 6.07) is 8.40. The van der Waals surface area contributed by atoms with Crippen molar-refractivity contribution in [2.24, 2.45) is 5.92 Å². The summed E-state index contributed by atoms with van der Waals surface area (Å²) in [5.74, 6) is 0.589. The number of benzene rings is 1. The summed E-state index contributed by atoms with van der Waals surface area (Å²) in [6.45, 7) is 8.53. The Kier molecular flexibility index (Phi) is 5.26. The van der Waals surface area contributed by atoms with Crippen molar-refractivity contribution in [2.75, 3.05) is 0 Å². The van der Waals surface area contributed by atoms with Crippen molar-refractivity contribution in [2.45, 2.75) is 39.7 Å². The van der Waals surface area contributed by atoms with E-state index in [1.54, 1.807) is 6.20 Å². The second-order valence-corrected chi connectivity index (χ2v) is 6.11.